The molecule has 3 aromatic rings. The van der Waals surface area contributed by atoms with Crippen LogP contribution in [0.15, 0.2) is 34.3 Å². The Morgan fingerprint density at radius 2 is 1.85 bits per heavy atom. The van der Waals surface area contributed by atoms with Crippen LogP contribution in [0.3, 0.4) is 0 Å². The number of benzene rings is 1. The Hall–Kier alpha value is -4.69. The summed E-state index contributed by atoms with van der Waals surface area (Å²) in [5.74, 6) is -0.802. The van der Waals surface area contributed by atoms with Crippen LogP contribution in [0.2, 0.25) is 0 Å². The van der Waals surface area contributed by atoms with Crippen LogP contribution in [0.25, 0.3) is 27.7 Å². The van der Waals surface area contributed by atoms with Crippen LogP contribution in [-0.4, -0.2) is 156 Å². The average molecular weight is 1000 g/mol. The van der Waals surface area contributed by atoms with E-state index in [9.17, 15) is 27.6 Å². The van der Waals surface area contributed by atoms with Gasteiger partial charge in [0, 0.05) is 90.7 Å². The number of ether oxygens (including phenoxy) is 2. The summed E-state index contributed by atoms with van der Waals surface area (Å²) in [6, 6.07) is 3.07. The smallest absolute Gasteiger partial charge is 0.406 e. The Kier molecular flexibility index (Phi) is 13.8. The van der Waals surface area contributed by atoms with Crippen molar-refractivity contribution in [3.63, 3.8) is 0 Å². The lowest BCUT2D eigenvalue weighted by Gasteiger charge is -2.37. The molecule has 2 aromatic heterocycles. The van der Waals surface area contributed by atoms with Crippen molar-refractivity contribution in [1.29, 1.82) is 0 Å². The number of allylic oxidation sites excluding steroid dienone is 1. The number of aliphatic imine (C=N–C) groups is 1. The zero-order chi connectivity index (χ0) is 50.0. The predicted octanol–water partition coefficient (Wildman–Crippen LogP) is 6.38. The van der Waals surface area contributed by atoms with Crippen molar-refractivity contribution in [1.82, 2.24) is 40.0 Å². The van der Waals surface area contributed by atoms with E-state index in [0.29, 0.717) is 95.0 Å². The third-order valence-electron chi connectivity index (χ3n) is 16.3. The summed E-state index contributed by atoms with van der Waals surface area (Å²) >= 11 is 1.36. The minimum Gasteiger partial charge on any atom is -0.464 e. The van der Waals surface area contributed by atoms with Gasteiger partial charge < -0.3 is 24.3 Å². The number of carbonyl (C=O) groups is 4. The molecule has 384 valence electrons. The van der Waals surface area contributed by atoms with Crippen molar-refractivity contribution in [2.75, 3.05) is 60.0 Å². The molecular formula is C52H68F3N9O6S. The maximum atomic E-state index is 15.0. The summed E-state index contributed by atoms with van der Waals surface area (Å²) in [7, 11) is 3.53. The van der Waals surface area contributed by atoms with E-state index in [1.165, 1.54) is 20.9 Å². The molecule has 5 fully saturated rings. The van der Waals surface area contributed by atoms with Gasteiger partial charge in [0.1, 0.15) is 24.7 Å². The highest BCUT2D eigenvalue weighted by Crippen LogP contribution is 2.45. The monoisotopic (exact) mass is 1000 g/mol. The second kappa shape index (κ2) is 19.6. The number of hydrogen-bond donors (Lipinski definition) is 2. The number of amides is 3. The van der Waals surface area contributed by atoms with Gasteiger partial charge >= 0.3 is 12.1 Å². The molecule has 7 aliphatic rings. The number of alkyl halides is 3. The Bertz CT molecular complexity index is 2620. The number of likely N-dealkylation sites (N-methyl/N-ethyl adjacent to an activating group) is 1. The number of methoxy groups -OCH3 is 1. The predicted molar refractivity (Wildman–Crippen MR) is 264 cm³/mol. The van der Waals surface area contributed by atoms with Gasteiger partial charge in [-0.2, -0.15) is 13.2 Å². The average Bonchev–Trinajstić information content (AvgIpc) is 4.00. The van der Waals surface area contributed by atoms with Gasteiger partial charge in [0.15, 0.2) is 0 Å². The van der Waals surface area contributed by atoms with E-state index in [-0.39, 0.29) is 54.5 Å². The number of fused-ring (bicyclic) bond motifs is 6. The van der Waals surface area contributed by atoms with Gasteiger partial charge in [-0.05, 0) is 102 Å². The van der Waals surface area contributed by atoms with Gasteiger partial charge in [0.05, 0.1) is 40.8 Å². The van der Waals surface area contributed by atoms with Gasteiger partial charge in [0.2, 0.25) is 11.8 Å². The summed E-state index contributed by atoms with van der Waals surface area (Å²) in [5.41, 5.74) is 6.43. The Labute approximate surface area is 417 Å². The summed E-state index contributed by atoms with van der Waals surface area (Å²) in [6.07, 6.45) is 4.73. The first-order valence-corrected chi connectivity index (χ1v) is 26.5. The van der Waals surface area contributed by atoms with Gasteiger partial charge in [-0.25, -0.2) is 10.4 Å². The lowest BCUT2D eigenvalue weighted by molar-refractivity contribution is -0.155. The summed E-state index contributed by atoms with van der Waals surface area (Å²) in [5, 5.41) is 7.82. The van der Waals surface area contributed by atoms with Crippen molar-refractivity contribution < 1.29 is 41.8 Å². The molecule has 1 spiro atoms. The van der Waals surface area contributed by atoms with Crippen molar-refractivity contribution in [3.8, 4) is 11.3 Å². The quantitative estimate of drug-likeness (QED) is 0.182. The fourth-order valence-corrected chi connectivity index (χ4v) is 13.3. The zero-order valence-electron chi connectivity index (χ0n) is 41.6. The molecule has 15 nitrogen and oxygen atoms in total. The molecule has 71 heavy (non-hydrogen) atoms. The van der Waals surface area contributed by atoms with E-state index < -0.39 is 48.3 Å². The van der Waals surface area contributed by atoms with Crippen LogP contribution >= 0.6 is 11.3 Å². The first kappa shape index (κ1) is 49.9. The zero-order valence-corrected chi connectivity index (χ0v) is 42.4. The lowest BCUT2D eigenvalue weighted by Crippen LogP contribution is -2.62. The van der Waals surface area contributed by atoms with E-state index in [2.05, 4.69) is 20.5 Å². The minimum atomic E-state index is -4.55. The van der Waals surface area contributed by atoms with Gasteiger partial charge in [-0.15, -0.1) is 11.3 Å². The molecule has 4 saturated heterocycles. The third kappa shape index (κ3) is 10.3. The van der Waals surface area contributed by atoms with Crippen LogP contribution in [0.4, 0.5) is 13.2 Å². The van der Waals surface area contributed by atoms with E-state index in [0.717, 1.165) is 58.2 Å². The molecule has 10 rings (SSSR count). The van der Waals surface area contributed by atoms with Crippen LogP contribution < -0.4 is 10.7 Å². The molecule has 3 amide bonds. The highest BCUT2D eigenvalue weighted by atomic mass is 32.1. The molecular weight excluding hydrogens is 936 g/mol. The number of halogens is 3. The second-order valence-corrected chi connectivity index (χ2v) is 23.1. The number of hydrogen-bond acceptors (Lipinski definition) is 12. The van der Waals surface area contributed by atoms with Crippen molar-refractivity contribution in [2.24, 2.45) is 21.7 Å². The molecule has 6 aliphatic heterocycles. The number of thiazole rings is 1. The number of rotatable bonds is 9. The number of esters is 1. The fourth-order valence-electron chi connectivity index (χ4n) is 12.4. The Morgan fingerprint density at radius 1 is 1.07 bits per heavy atom. The van der Waals surface area contributed by atoms with Crippen LogP contribution in [-0.2, 0) is 48.0 Å². The number of nitrogens with zero attached hydrogens (tertiary/aromatic N) is 7. The normalized spacial score (nSPS) is 28.5. The number of nitrogens with one attached hydrogen (secondary N) is 2. The van der Waals surface area contributed by atoms with Crippen LogP contribution in [0.1, 0.15) is 101 Å². The molecule has 1 aliphatic carbocycles. The number of carbonyl (C=O) groups excluding carboxylic acids is 4. The molecule has 1 saturated carbocycles. The largest absolute Gasteiger partial charge is 0.464 e. The number of aromatic nitrogens is 2. The third-order valence-corrected chi connectivity index (χ3v) is 17.2. The molecule has 19 heteroatoms. The van der Waals surface area contributed by atoms with E-state index in [4.69, 9.17) is 19.5 Å². The lowest BCUT2D eigenvalue weighted by atomic mass is 9.83. The van der Waals surface area contributed by atoms with Crippen molar-refractivity contribution >= 4 is 57.7 Å². The summed E-state index contributed by atoms with van der Waals surface area (Å²) < 4.78 is 57.4. The van der Waals surface area contributed by atoms with Gasteiger partial charge in [-0.3, -0.25) is 39.0 Å². The first-order valence-electron chi connectivity index (χ1n) is 25.6. The minimum absolute atomic E-state index is 0.0279. The molecule has 2 N–H and O–H groups in total. The first-order chi connectivity index (χ1) is 33.9. The molecule has 1 aromatic carbocycles. The van der Waals surface area contributed by atoms with E-state index in [1.54, 1.807) is 25.5 Å². The maximum Gasteiger partial charge on any atom is 0.406 e. The Balaban J connectivity index is 1.00. The Morgan fingerprint density at radius 3 is 2.59 bits per heavy atom. The summed E-state index contributed by atoms with van der Waals surface area (Å²) in [4.78, 5) is 73.3. The molecule has 8 heterocycles. The molecule has 0 radical (unpaired) electrons. The number of likely N-dealkylation sites (tertiary alicyclic amines) is 2. The van der Waals surface area contributed by atoms with Crippen LogP contribution in [0.5, 0.6) is 0 Å². The summed E-state index contributed by atoms with van der Waals surface area (Å²) in [6.45, 7) is 8.43. The van der Waals surface area contributed by atoms with Gasteiger partial charge in [0.25, 0.3) is 5.91 Å². The van der Waals surface area contributed by atoms with Crippen LogP contribution in [0, 0.1) is 16.7 Å². The van der Waals surface area contributed by atoms with E-state index >= 15 is 4.79 Å². The topological polar surface area (TPSA) is 154 Å². The van der Waals surface area contributed by atoms with Gasteiger partial charge in [-0.1, -0.05) is 32.8 Å². The number of hydrazine groups is 1. The highest BCUT2D eigenvalue weighted by Gasteiger charge is 2.51. The SMILES string of the molecule is CO[C@@H](C)C1=C(c2c3c4cc(ccc4n2CC(F)(F)F)-c2csc(n2)C[C@H](NC(=O)[C@H](C2CCCC2)N2CC[C@]4(CCN(C(=O)[C@H]5CN5C)C4)C2)C(=O)N2CCC[C@H](N2)C(=O)OCC(C)(C)C3)CCC=N1. The highest BCUT2D eigenvalue weighted by molar-refractivity contribution is 7.10. The number of cyclic esters (lactones) is 1. The second-order valence-electron chi connectivity index (χ2n) is 22.2. The van der Waals surface area contributed by atoms with E-state index in [1.807, 2.05) is 44.2 Å². The molecule has 1 unspecified atom stereocenters. The molecule has 7 atom stereocenters. The van der Waals surface area contributed by atoms with Crippen molar-refractivity contribution in [3.05, 3.63) is 45.5 Å². The van der Waals surface area contributed by atoms with Crippen molar-refractivity contribution in [2.45, 2.75) is 141 Å². The molecule has 6 bridgehead atoms. The maximum absolute atomic E-state index is 15.0. The fraction of sp³-hybridized carbons (Fsp3) is 0.654. The standard InChI is InChI=1S/C52H68F3N9O6S/c1-31(69-5)43-34(12-8-18-56-43)45-36-24-50(2,3)30-70-49(68)37-13-9-19-64(59-37)47(66)38(23-42-57-39(26-71-42)33-14-15-40(35(36)22-33)63(45)29-52(53,54)55)58-46(65)44(32-10-6-7-11-32)61-20-16-51(27-61)17-21-62(28-51)48(67)41-25-60(41)4/h14-15,18,22,26,31-32,37-38,41,44,59H,6-13,16-17,19-21,23-25,27-30H2,1-5H3,(H,58,65)/t31-,37-,38-,41+,44-,51-,60?/m0/s1.